The lowest BCUT2D eigenvalue weighted by Crippen LogP contribution is -2.45. The second kappa shape index (κ2) is 5.41. The molecule has 0 aromatic rings. The van der Waals surface area contributed by atoms with Crippen LogP contribution in [0.3, 0.4) is 0 Å². The maximum Gasteiger partial charge on any atom is 0.157 e. The first-order valence-corrected chi connectivity index (χ1v) is 7.93. The van der Waals surface area contributed by atoms with E-state index in [1.807, 2.05) is 11.8 Å². The van der Waals surface area contributed by atoms with Crippen LogP contribution in [-0.4, -0.2) is 35.7 Å². The fourth-order valence-electron chi connectivity index (χ4n) is 2.79. The van der Waals surface area contributed by atoms with Crippen molar-refractivity contribution in [1.29, 1.82) is 0 Å². The Hall–Kier alpha value is -0.220. The van der Waals surface area contributed by atoms with E-state index in [1.54, 1.807) is 7.11 Å². The molecule has 1 heterocycles. The van der Waals surface area contributed by atoms with E-state index in [0.717, 1.165) is 16.8 Å². The van der Waals surface area contributed by atoms with E-state index in [9.17, 15) is 0 Å². The minimum Gasteiger partial charge on any atom is -0.382 e. The van der Waals surface area contributed by atoms with Crippen LogP contribution in [0.2, 0.25) is 0 Å². The Labute approximate surface area is 115 Å². The highest BCUT2D eigenvalue weighted by molar-refractivity contribution is 8.14. The summed E-state index contributed by atoms with van der Waals surface area (Å²) in [5, 5.41) is 4.64. The first-order valence-electron chi connectivity index (χ1n) is 6.94. The van der Waals surface area contributed by atoms with Gasteiger partial charge in [-0.1, -0.05) is 18.7 Å². The third-order valence-electron chi connectivity index (χ3n) is 3.97. The highest BCUT2D eigenvalue weighted by atomic mass is 32.2. The molecule has 1 spiro atoms. The molecule has 3 nitrogen and oxygen atoms in total. The monoisotopic (exact) mass is 270 g/mol. The van der Waals surface area contributed by atoms with Gasteiger partial charge in [0.15, 0.2) is 5.17 Å². The lowest BCUT2D eigenvalue weighted by molar-refractivity contribution is 0.140. The van der Waals surface area contributed by atoms with Crippen LogP contribution in [0.5, 0.6) is 0 Å². The largest absolute Gasteiger partial charge is 0.382 e. The average molecular weight is 270 g/mol. The van der Waals surface area contributed by atoms with Gasteiger partial charge in [-0.3, -0.25) is 4.99 Å². The minimum absolute atomic E-state index is 0.0337. The first-order chi connectivity index (χ1) is 8.45. The van der Waals surface area contributed by atoms with Crippen molar-refractivity contribution in [2.75, 3.05) is 19.5 Å². The topological polar surface area (TPSA) is 33.6 Å². The summed E-state index contributed by atoms with van der Waals surface area (Å²) in [7, 11) is 1.75. The Bertz CT molecular complexity index is 320. The highest BCUT2D eigenvalue weighted by Gasteiger charge is 2.39. The van der Waals surface area contributed by atoms with Crippen LogP contribution in [0.4, 0.5) is 0 Å². The van der Waals surface area contributed by atoms with E-state index in [4.69, 9.17) is 9.73 Å². The number of rotatable bonds is 3. The Morgan fingerprint density at radius 1 is 1.44 bits per heavy atom. The maximum atomic E-state index is 5.24. The standard InChI is InChI=1S/C14H26N2OS/c1-11-5-7-14(8-6-11)10-18-12(16-14)15-13(2,3)9-17-4/h11H,5-10H2,1-4H3,(H,15,16). The molecule has 1 aliphatic heterocycles. The molecule has 1 saturated carbocycles. The summed E-state index contributed by atoms with van der Waals surface area (Å²) in [6.07, 6.45) is 5.19. The first kappa shape index (κ1) is 14.2. The van der Waals surface area contributed by atoms with E-state index >= 15 is 0 Å². The van der Waals surface area contributed by atoms with Crippen LogP contribution >= 0.6 is 11.8 Å². The molecule has 4 heteroatoms. The summed E-state index contributed by atoms with van der Waals surface area (Å²) in [5.41, 5.74) is 0.205. The summed E-state index contributed by atoms with van der Waals surface area (Å²) in [6, 6.07) is 0. The number of nitrogens with one attached hydrogen (secondary N) is 1. The minimum atomic E-state index is -0.0337. The molecule has 0 bridgehead atoms. The van der Waals surface area contributed by atoms with Crippen LogP contribution in [0, 0.1) is 5.92 Å². The van der Waals surface area contributed by atoms with Gasteiger partial charge in [0, 0.05) is 12.9 Å². The Balaban J connectivity index is 1.96. The van der Waals surface area contributed by atoms with Gasteiger partial charge in [0.05, 0.1) is 17.7 Å². The molecular formula is C14H26N2OS. The molecule has 104 valence electrons. The van der Waals surface area contributed by atoms with Crippen molar-refractivity contribution < 1.29 is 4.74 Å². The van der Waals surface area contributed by atoms with Gasteiger partial charge in [-0.15, -0.1) is 0 Å². The zero-order valence-electron chi connectivity index (χ0n) is 12.1. The molecule has 1 N–H and O–H groups in total. The van der Waals surface area contributed by atoms with Gasteiger partial charge in [0.1, 0.15) is 0 Å². The zero-order chi connectivity index (χ0) is 13.2. The summed E-state index contributed by atoms with van der Waals surface area (Å²) >= 11 is 1.89. The molecule has 0 saturated heterocycles. The molecule has 0 unspecified atom stereocenters. The molecule has 0 radical (unpaired) electrons. The quantitative estimate of drug-likeness (QED) is 0.856. The van der Waals surface area contributed by atoms with Crippen molar-refractivity contribution in [3.05, 3.63) is 0 Å². The molecule has 2 aliphatic rings. The number of aliphatic imine (C=N–C) groups is 1. The summed E-state index contributed by atoms with van der Waals surface area (Å²) in [6.45, 7) is 7.39. The zero-order valence-corrected chi connectivity index (χ0v) is 12.9. The smallest absolute Gasteiger partial charge is 0.157 e. The Morgan fingerprint density at radius 2 is 2.11 bits per heavy atom. The molecule has 2 rings (SSSR count). The Kier molecular flexibility index (Phi) is 4.27. The van der Waals surface area contributed by atoms with Crippen molar-refractivity contribution >= 4 is 16.9 Å². The maximum absolute atomic E-state index is 5.24. The van der Waals surface area contributed by atoms with Crippen molar-refractivity contribution in [3.8, 4) is 0 Å². The SMILES string of the molecule is COCC(C)(C)NC1=NC2(CCC(C)CC2)CS1. The van der Waals surface area contributed by atoms with E-state index in [2.05, 4.69) is 26.1 Å². The molecule has 0 atom stereocenters. The van der Waals surface area contributed by atoms with Gasteiger partial charge in [-0.2, -0.15) is 0 Å². The Morgan fingerprint density at radius 3 is 2.72 bits per heavy atom. The van der Waals surface area contributed by atoms with Crippen molar-refractivity contribution in [3.63, 3.8) is 0 Å². The molecule has 1 aliphatic carbocycles. The second-order valence-electron chi connectivity index (χ2n) is 6.55. The van der Waals surface area contributed by atoms with E-state index < -0.39 is 0 Å². The predicted octanol–water partition coefficient (Wildman–Crippen LogP) is 3.05. The molecular weight excluding hydrogens is 244 g/mol. The summed E-state index contributed by atoms with van der Waals surface area (Å²) in [5.74, 6) is 2.04. The number of hydrogen-bond acceptors (Lipinski definition) is 4. The molecule has 1 fully saturated rings. The van der Waals surface area contributed by atoms with Crippen molar-refractivity contribution in [2.45, 2.75) is 57.5 Å². The lowest BCUT2D eigenvalue weighted by Gasteiger charge is -2.32. The lowest BCUT2D eigenvalue weighted by atomic mass is 9.79. The molecule has 0 aromatic carbocycles. The van der Waals surface area contributed by atoms with Crippen molar-refractivity contribution in [1.82, 2.24) is 5.32 Å². The van der Waals surface area contributed by atoms with E-state index in [-0.39, 0.29) is 11.1 Å². The summed E-state index contributed by atoms with van der Waals surface area (Å²) < 4.78 is 5.24. The van der Waals surface area contributed by atoms with Gasteiger partial charge in [0.25, 0.3) is 0 Å². The normalized spacial score (nSPS) is 32.7. The molecule has 18 heavy (non-hydrogen) atoms. The number of methoxy groups -OCH3 is 1. The molecule has 0 aromatic heterocycles. The van der Waals surface area contributed by atoms with Gasteiger partial charge in [-0.05, 0) is 45.4 Å². The van der Waals surface area contributed by atoms with Gasteiger partial charge in [0.2, 0.25) is 0 Å². The third-order valence-corrected chi connectivity index (χ3v) is 5.12. The highest BCUT2D eigenvalue weighted by Crippen LogP contribution is 2.41. The summed E-state index contributed by atoms with van der Waals surface area (Å²) in [4.78, 5) is 4.99. The fraction of sp³-hybridized carbons (Fsp3) is 0.929. The fourth-order valence-corrected chi connectivity index (χ4v) is 4.15. The third kappa shape index (κ3) is 3.41. The van der Waals surface area contributed by atoms with Crippen LogP contribution in [0.1, 0.15) is 46.5 Å². The average Bonchev–Trinajstić information content (AvgIpc) is 2.66. The molecule has 0 amide bonds. The van der Waals surface area contributed by atoms with Crippen molar-refractivity contribution in [2.24, 2.45) is 10.9 Å². The number of hydrogen-bond donors (Lipinski definition) is 1. The van der Waals surface area contributed by atoms with Crippen LogP contribution in [0.25, 0.3) is 0 Å². The number of amidine groups is 1. The number of ether oxygens (including phenoxy) is 1. The van der Waals surface area contributed by atoms with Crippen LogP contribution in [0.15, 0.2) is 4.99 Å². The predicted molar refractivity (Wildman–Crippen MR) is 79.3 cm³/mol. The van der Waals surface area contributed by atoms with E-state index in [1.165, 1.54) is 25.7 Å². The number of nitrogens with zero attached hydrogens (tertiary/aromatic N) is 1. The van der Waals surface area contributed by atoms with Crippen LogP contribution < -0.4 is 5.32 Å². The van der Waals surface area contributed by atoms with Gasteiger partial charge in [-0.25, -0.2) is 0 Å². The van der Waals surface area contributed by atoms with E-state index in [0.29, 0.717) is 6.61 Å². The second-order valence-corrected chi connectivity index (χ2v) is 7.52. The van der Waals surface area contributed by atoms with Gasteiger partial charge >= 0.3 is 0 Å². The van der Waals surface area contributed by atoms with Gasteiger partial charge < -0.3 is 10.1 Å². The van der Waals surface area contributed by atoms with Crippen LogP contribution in [-0.2, 0) is 4.74 Å². The number of thioether (sulfide) groups is 1.